The fourth-order valence-corrected chi connectivity index (χ4v) is 2.96. The maximum atomic E-state index is 14.0. The number of hydrogen-bond acceptors (Lipinski definition) is 4. The quantitative estimate of drug-likeness (QED) is 0.781. The number of ether oxygens (including phenoxy) is 2. The van der Waals surface area contributed by atoms with Crippen molar-refractivity contribution in [3.63, 3.8) is 0 Å². The predicted octanol–water partition coefficient (Wildman–Crippen LogP) is 3.82. The van der Waals surface area contributed by atoms with Crippen molar-refractivity contribution in [1.29, 1.82) is 0 Å². The van der Waals surface area contributed by atoms with Gasteiger partial charge in [-0.15, -0.1) is 0 Å². The molecule has 0 radical (unpaired) electrons. The van der Waals surface area contributed by atoms with Crippen LogP contribution in [0, 0.1) is 11.6 Å². The summed E-state index contributed by atoms with van der Waals surface area (Å²) in [6.45, 7) is 1.71. The minimum atomic E-state index is -0.772. The van der Waals surface area contributed by atoms with Gasteiger partial charge < -0.3 is 19.2 Å². The molecule has 0 saturated carbocycles. The molecular weight excluding hydrogens is 328 g/mol. The first-order chi connectivity index (χ1) is 12.2. The van der Waals surface area contributed by atoms with E-state index in [0.717, 1.165) is 24.1 Å². The molecule has 2 aromatic carbocycles. The van der Waals surface area contributed by atoms with E-state index in [2.05, 4.69) is 5.32 Å². The molecule has 3 aromatic rings. The maximum absolute atomic E-state index is 14.0. The average Bonchev–Trinajstić information content (AvgIpc) is 3.06. The summed E-state index contributed by atoms with van der Waals surface area (Å²) in [5, 5.41) is 4.09. The van der Waals surface area contributed by atoms with Crippen molar-refractivity contribution in [2.75, 3.05) is 19.7 Å². The zero-order chi connectivity index (χ0) is 17.2. The summed E-state index contributed by atoms with van der Waals surface area (Å²) in [6, 6.07) is 12.9. The van der Waals surface area contributed by atoms with E-state index in [1.807, 2.05) is 30.3 Å². The molecule has 0 amide bonds. The van der Waals surface area contributed by atoms with Gasteiger partial charge in [0.25, 0.3) is 0 Å². The second-order valence-electron chi connectivity index (χ2n) is 5.89. The Hall–Kier alpha value is -2.44. The van der Waals surface area contributed by atoms with Crippen molar-refractivity contribution in [3.05, 3.63) is 65.9 Å². The monoisotopic (exact) mass is 345 g/mol. The number of hydrogen-bond donors (Lipinski definition) is 1. The van der Waals surface area contributed by atoms with Gasteiger partial charge in [0.05, 0.1) is 6.61 Å². The second kappa shape index (κ2) is 6.82. The van der Waals surface area contributed by atoms with Crippen LogP contribution in [0.15, 0.2) is 52.9 Å². The topological polar surface area (TPSA) is 43.6 Å². The maximum Gasteiger partial charge on any atom is 0.191 e. The molecule has 1 aliphatic heterocycles. The fraction of sp³-hybridized carbons (Fsp3) is 0.263. The van der Waals surface area contributed by atoms with Gasteiger partial charge in [0.1, 0.15) is 17.4 Å². The first kappa shape index (κ1) is 16.1. The van der Waals surface area contributed by atoms with Crippen LogP contribution in [0.3, 0.4) is 0 Å². The van der Waals surface area contributed by atoms with Crippen LogP contribution >= 0.6 is 0 Å². The molecule has 1 N–H and O–H groups in total. The number of fused-ring (bicyclic) bond motifs is 1. The third-order valence-electron chi connectivity index (χ3n) is 4.18. The van der Waals surface area contributed by atoms with Crippen molar-refractivity contribution in [2.45, 2.75) is 12.2 Å². The van der Waals surface area contributed by atoms with Crippen LogP contribution in [0.1, 0.15) is 11.9 Å². The Morgan fingerprint density at radius 2 is 1.88 bits per heavy atom. The van der Waals surface area contributed by atoms with Crippen LogP contribution in [0.5, 0.6) is 5.75 Å². The molecule has 25 heavy (non-hydrogen) atoms. The third kappa shape index (κ3) is 3.23. The third-order valence-corrected chi connectivity index (χ3v) is 4.18. The molecule has 0 bridgehead atoms. The largest absolute Gasteiger partial charge is 0.473 e. The molecule has 2 atom stereocenters. The van der Waals surface area contributed by atoms with E-state index in [4.69, 9.17) is 13.9 Å². The van der Waals surface area contributed by atoms with Gasteiger partial charge in [-0.3, -0.25) is 0 Å². The van der Waals surface area contributed by atoms with E-state index < -0.39 is 29.6 Å². The second-order valence-corrected chi connectivity index (χ2v) is 5.89. The van der Waals surface area contributed by atoms with E-state index in [0.29, 0.717) is 24.5 Å². The molecule has 0 spiro atoms. The molecule has 6 heteroatoms. The zero-order valence-corrected chi connectivity index (χ0v) is 13.4. The summed E-state index contributed by atoms with van der Waals surface area (Å²) < 4.78 is 45.4. The molecule has 1 saturated heterocycles. The number of rotatable bonds is 4. The Bertz CT molecular complexity index is 821. The van der Waals surface area contributed by atoms with Crippen molar-refractivity contribution in [3.8, 4) is 5.75 Å². The van der Waals surface area contributed by atoms with Crippen LogP contribution < -0.4 is 10.1 Å². The van der Waals surface area contributed by atoms with Crippen LogP contribution in [0.4, 0.5) is 8.78 Å². The van der Waals surface area contributed by atoms with Gasteiger partial charge in [-0.25, -0.2) is 8.78 Å². The van der Waals surface area contributed by atoms with E-state index >= 15 is 0 Å². The predicted molar refractivity (Wildman–Crippen MR) is 88.6 cm³/mol. The highest BCUT2D eigenvalue weighted by Gasteiger charge is 2.32. The standard InChI is InChI=1S/C19H17F2NO3/c20-13-5-3-6-14(21)18(13)25-19(17-11-22-8-9-23-17)16-10-12-4-1-2-7-15(12)24-16/h1-7,10,17,19,22H,8-9,11H2/t17-,19?/m0/s1. The Kier molecular flexibility index (Phi) is 4.38. The number of morpholine rings is 1. The van der Waals surface area contributed by atoms with Gasteiger partial charge in [-0.2, -0.15) is 0 Å². The van der Waals surface area contributed by atoms with E-state index in [9.17, 15) is 8.78 Å². The summed E-state index contributed by atoms with van der Waals surface area (Å²) in [6.07, 6.45) is -1.19. The highest BCUT2D eigenvalue weighted by atomic mass is 19.1. The smallest absolute Gasteiger partial charge is 0.191 e. The lowest BCUT2D eigenvalue weighted by Gasteiger charge is -2.30. The van der Waals surface area contributed by atoms with E-state index in [1.165, 1.54) is 6.07 Å². The summed E-state index contributed by atoms with van der Waals surface area (Å²) in [5.74, 6) is -1.48. The van der Waals surface area contributed by atoms with Gasteiger partial charge in [-0.05, 0) is 24.3 Å². The first-order valence-electron chi connectivity index (χ1n) is 8.14. The molecule has 1 aromatic heterocycles. The van der Waals surface area contributed by atoms with Gasteiger partial charge in [-0.1, -0.05) is 24.3 Å². The SMILES string of the molecule is Fc1cccc(F)c1OC(c1cc2ccccc2o1)[C@@H]1CNCCO1. The Morgan fingerprint density at radius 1 is 1.08 bits per heavy atom. The molecule has 4 rings (SSSR count). The minimum absolute atomic E-state index is 0.423. The first-order valence-corrected chi connectivity index (χ1v) is 8.14. The van der Waals surface area contributed by atoms with Crippen LogP contribution in [0.2, 0.25) is 0 Å². The molecule has 1 fully saturated rings. The highest BCUT2D eigenvalue weighted by molar-refractivity contribution is 5.77. The molecule has 0 aliphatic carbocycles. The molecule has 1 aliphatic rings. The highest BCUT2D eigenvalue weighted by Crippen LogP contribution is 2.33. The van der Waals surface area contributed by atoms with Gasteiger partial charge in [0.2, 0.25) is 0 Å². The zero-order valence-electron chi connectivity index (χ0n) is 13.4. The molecule has 130 valence electrons. The lowest BCUT2D eigenvalue weighted by Crippen LogP contribution is -2.43. The minimum Gasteiger partial charge on any atom is -0.473 e. The molecular formula is C19H17F2NO3. The van der Waals surface area contributed by atoms with Crippen LogP contribution in [-0.2, 0) is 4.74 Å². The van der Waals surface area contributed by atoms with E-state index in [-0.39, 0.29) is 0 Å². The van der Waals surface area contributed by atoms with Gasteiger partial charge in [0.15, 0.2) is 23.5 Å². The van der Waals surface area contributed by atoms with Crippen LogP contribution in [-0.4, -0.2) is 25.8 Å². The average molecular weight is 345 g/mol. The summed E-state index contributed by atoms with van der Waals surface area (Å²) in [5.41, 5.74) is 0.684. The number of benzene rings is 2. The number of furan rings is 1. The van der Waals surface area contributed by atoms with E-state index in [1.54, 1.807) is 0 Å². The number of nitrogens with one attached hydrogen (secondary N) is 1. The van der Waals surface area contributed by atoms with Gasteiger partial charge >= 0.3 is 0 Å². The lowest BCUT2D eigenvalue weighted by atomic mass is 10.1. The molecule has 2 heterocycles. The summed E-state index contributed by atoms with van der Waals surface area (Å²) in [7, 11) is 0. The number of para-hydroxylation sites is 2. The van der Waals surface area contributed by atoms with Crippen molar-refractivity contribution in [1.82, 2.24) is 5.32 Å². The summed E-state index contributed by atoms with van der Waals surface area (Å²) >= 11 is 0. The molecule has 4 nitrogen and oxygen atoms in total. The Balaban J connectivity index is 1.73. The Labute approximate surface area is 143 Å². The van der Waals surface area contributed by atoms with Crippen molar-refractivity contribution < 1.29 is 22.7 Å². The summed E-state index contributed by atoms with van der Waals surface area (Å²) in [4.78, 5) is 0. The normalized spacial score (nSPS) is 19.0. The van der Waals surface area contributed by atoms with Gasteiger partial charge in [0, 0.05) is 18.5 Å². The van der Waals surface area contributed by atoms with Crippen molar-refractivity contribution in [2.24, 2.45) is 0 Å². The fourth-order valence-electron chi connectivity index (χ4n) is 2.96. The molecule has 1 unspecified atom stereocenters. The lowest BCUT2D eigenvalue weighted by molar-refractivity contribution is -0.0518. The Morgan fingerprint density at radius 3 is 2.60 bits per heavy atom. The van der Waals surface area contributed by atoms with Crippen LogP contribution in [0.25, 0.3) is 11.0 Å². The number of halogens is 2. The van der Waals surface area contributed by atoms with Crippen molar-refractivity contribution >= 4 is 11.0 Å².